The lowest BCUT2D eigenvalue weighted by Gasteiger charge is -2.18. The number of ether oxygens (including phenoxy) is 2. The van der Waals surface area contributed by atoms with Gasteiger partial charge in [0.2, 0.25) is 0 Å². The summed E-state index contributed by atoms with van der Waals surface area (Å²) < 4.78 is 11.0. The van der Waals surface area contributed by atoms with E-state index in [9.17, 15) is 5.11 Å². The van der Waals surface area contributed by atoms with Crippen LogP contribution in [0.15, 0.2) is 18.2 Å². The normalized spacial score (nSPS) is 10.6. The van der Waals surface area contributed by atoms with E-state index >= 15 is 0 Å². The molecule has 0 saturated carbocycles. The van der Waals surface area contributed by atoms with Crippen LogP contribution in [0.4, 0.5) is 0 Å². The van der Waals surface area contributed by atoms with Gasteiger partial charge in [0, 0.05) is 11.6 Å². The minimum atomic E-state index is -0.0144. The van der Waals surface area contributed by atoms with Crippen molar-refractivity contribution in [3.05, 3.63) is 23.8 Å². The first-order chi connectivity index (χ1) is 7.74. The van der Waals surface area contributed by atoms with Crippen molar-refractivity contribution in [2.75, 3.05) is 7.11 Å². The van der Waals surface area contributed by atoms with E-state index in [0.717, 1.165) is 29.9 Å². The zero-order chi connectivity index (χ0) is 12.0. The Balaban J connectivity index is 2.90. The smallest absolute Gasteiger partial charge is 0.128 e. The van der Waals surface area contributed by atoms with Gasteiger partial charge in [0.25, 0.3) is 0 Å². The maximum absolute atomic E-state index is 9.22. The lowest BCUT2D eigenvalue weighted by atomic mass is 10.2. The summed E-state index contributed by atoms with van der Waals surface area (Å²) in [5.41, 5.74) is 0.799. The third kappa shape index (κ3) is 3.14. The molecule has 0 saturated heterocycles. The first kappa shape index (κ1) is 12.8. The molecule has 0 aliphatic carbocycles. The molecular weight excluding hydrogens is 204 g/mol. The van der Waals surface area contributed by atoms with Crippen LogP contribution in [0.2, 0.25) is 0 Å². The molecule has 1 N–H and O–H groups in total. The van der Waals surface area contributed by atoms with Gasteiger partial charge in [-0.1, -0.05) is 13.8 Å². The van der Waals surface area contributed by atoms with Crippen LogP contribution in [0.1, 0.15) is 32.3 Å². The van der Waals surface area contributed by atoms with Crippen LogP contribution in [0.3, 0.4) is 0 Å². The lowest BCUT2D eigenvalue weighted by molar-refractivity contribution is 0.184. The zero-order valence-electron chi connectivity index (χ0n) is 10.2. The Kier molecular flexibility index (Phi) is 5.12. The summed E-state index contributed by atoms with van der Waals surface area (Å²) in [5, 5.41) is 9.22. The van der Waals surface area contributed by atoms with Crippen molar-refractivity contribution in [1.82, 2.24) is 0 Å². The molecule has 0 amide bonds. The standard InChI is InChI=1S/C13H20O3/c1-4-11(5-2)16-13-8-12(15-3)7-6-10(13)9-14/h6-8,11,14H,4-5,9H2,1-3H3. The van der Waals surface area contributed by atoms with Crippen molar-refractivity contribution in [2.45, 2.75) is 39.4 Å². The van der Waals surface area contributed by atoms with Crippen LogP contribution in [0, 0.1) is 0 Å². The van der Waals surface area contributed by atoms with Crippen LogP contribution in [-0.2, 0) is 6.61 Å². The van der Waals surface area contributed by atoms with Crippen molar-refractivity contribution < 1.29 is 14.6 Å². The third-order valence-corrected chi connectivity index (χ3v) is 2.65. The van der Waals surface area contributed by atoms with Gasteiger partial charge in [-0.15, -0.1) is 0 Å². The highest BCUT2D eigenvalue weighted by molar-refractivity contribution is 5.40. The first-order valence-corrected chi connectivity index (χ1v) is 5.69. The molecule has 0 heterocycles. The average Bonchev–Trinajstić information content (AvgIpc) is 2.35. The van der Waals surface area contributed by atoms with Gasteiger partial charge in [-0.2, -0.15) is 0 Å². The fraction of sp³-hybridized carbons (Fsp3) is 0.538. The van der Waals surface area contributed by atoms with Crippen LogP contribution in [-0.4, -0.2) is 18.3 Å². The summed E-state index contributed by atoms with van der Waals surface area (Å²) in [6, 6.07) is 5.48. The largest absolute Gasteiger partial charge is 0.497 e. The molecule has 0 radical (unpaired) electrons. The van der Waals surface area contributed by atoms with E-state index in [2.05, 4.69) is 13.8 Å². The van der Waals surface area contributed by atoms with Gasteiger partial charge in [0.05, 0.1) is 19.8 Å². The molecule has 3 nitrogen and oxygen atoms in total. The second kappa shape index (κ2) is 6.38. The molecule has 0 unspecified atom stereocenters. The molecule has 0 aliphatic heterocycles. The third-order valence-electron chi connectivity index (χ3n) is 2.65. The van der Waals surface area contributed by atoms with E-state index in [0.29, 0.717) is 0 Å². The van der Waals surface area contributed by atoms with Crippen molar-refractivity contribution >= 4 is 0 Å². The second-order valence-electron chi connectivity index (χ2n) is 3.69. The van der Waals surface area contributed by atoms with E-state index in [-0.39, 0.29) is 12.7 Å². The van der Waals surface area contributed by atoms with Gasteiger partial charge >= 0.3 is 0 Å². The number of aliphatic hydroxyl groups excluding tert-OH is 1. The molecule has 0 spiro atoms. The molecule has 16 heavy (non-hydrogen) atoms. The molecule has 0 aliphatic rings. The van der Waals surface area contributed by atoms with Crippen LogP contribution < -0.4 is 9.47 Å². The highest BCUT2D eigenvalue weighted by Crippen LogP contribution is 2.26. The number of benzene rings is 1. The number of hydrogen-bond acceptors (Lipinski definition) is 3. The summed E-state index contributed by atoms with van der Waals surface area (Å²) >= 11 is 0. The topological polar surface area (TPSA) is 38.7 Å². The van der Waals surface area contributed by atoms with Crippen molar-refractivity contribution in [2.24, 2.45) is 0 Å². The monoisotopic (exact) mass is 224 g/mol. The van der Waals surface area contributed by atoms with Crippen molar-refractivity contribution in [1.29, 1.82) is 0 Å². The van der Waals surface area contributed by atoms with Crippen LogP contribution in [0.25, 0.3) is 0 Å². The Morgan fingerprint density at radius 3 is 2.44 bits per heavy atom. The highest BCUT2D eigenvalue weighted by Gasteiger charge is 2.10. The number of rotatable bonds is 6. The maximum Gasteiger partial charge on any atom is 0.128 e. The Morgan fingerprint density at radius 1 is 1.25 bits per heavy atom. The molecule has 90 valence electrons. The lowest BCUT2D eigenvalue weighted by Crippen LogP contribution is -2.14. The first-order valence-electron chi connectivity index (χ1n) is 5.69. The maximum atomic E-state index is 9.22. The molecule has 3 heteroatoms. The minimum absolute atomic E-state index is 0.0144. The zero-order valence-corrected chi connectivity index (χ0v) is 10.2. The Labute approximate surface area is 97.0 Å². The average molecular weight is 224 g/mol. The van der Waals surface area contributed by atoms with Gasteiger partial charge < -0.3 is 14.6 Å². The summed E-state index contributed by atoms with van der Waals surface area (Å²) in [4.78, 5) is 0. The molecule has 0 bridgehead atoms. The van der Waals surface area contributed by atoms with Gasteiger partial charge in [-0.25, -0.2) is 0 Å². The predicted molar refractivity (Wildman–Crippen MR) is 63.9 cm³/mol. The number of hydrogen-bond donors (Lipinski definition) is 1. The summed E-state index contributed by atoms with van der Waals surface area (Å²) in [6.07, 6.45) is 2.11. The Bertz CT molecular complexity index is 319. The van der Waals surface area contributed by atoms with Crippen LogP contribution >= 0.6 is 0 Å². The van der Waals surface area contributed by atoms with Crippen LogP contribution in [0.5, 0.6) is 11.5 Å². The van der Waals surface area contributed by atoms with Crippen molar-refractivity contribution in [3.63, 3.8) is 0 Å². The highest BCUT2D eigenvalue weighted by atomic mass is 16.5. The fourth-order valence-corrected chi connectivity index (χ4v) is 1.54. The molecule has 0 fully saturated rings. The van der Waals surface area contributed by atoms with Gasteiger partial charge in [-0.3, -0.25) is 0 Å². The fourth-order valence-electron chi connectivity index (χ4n) is 1.54. The number of methoxy groups -OCH3 is 1. The summed E-state index contributed by atoms with van der Waals surface area (Å²) in [6.45, 7) is 4.17. The second-order valence-corrected chi connectivity index (χ2v) is 3.69. The van der Waals surface area contributed by atoms with E-state index in [1.807, 2.05) is 18.2 Å². The molecular formula is C13H20O3. The Hall–Kier alpha value is -1.22. The molecule has 1 aromatic rings. The SMILES string of the molecule is CCC(CC)Oc1cc(OC)ccc1CO. The minimum Gasteiger partial charge on any atom is -0.497 e. The molecule has 1 aromatic carbocycles. The summed E-state index contributed by atoms with van der Waals surface area (Å²) in [5.74, 6) is 1.47. The molecule has 0 atom stereocenters. The van der Waals surface area contributed by atoms with Gasteiger partial charge in [0.1, 0.15) is 11.5 Å². The van der Waals surface area contributed by atoms with E-state index in [4.69, 9.17) is 9.47 Å². The van der Waals surface area contributed by atoms with E-state index in [1.165, 1.54) is 0 Å². The Morgan fingerprint density at radius 2 is 1.94 bits per heavy atom. The van der Waals surface area contributed by atoms with E-state index in [1.54, 1.807) is 7.11 Å². The number of aliphatic hydroxyl groups is 1. The van der Waals surface area contributed by atoms with Crippen molar-refractivity contribution in [3.8, 4) is 11.5 Å². The predicted octanol–water partition coefficient (Wildman–Crippen LogP) is 2.75. The molecule has 0 aromatic heterocycles. The summed E-state index contributed by atoms with van der Waals surface area (Å²) in [7, 11) is 1.62. The van der Waals surface area contributed by atoms with Gasteiger partial charge in [0.15, 0.2) is 0 Å². The molecule has 1 rings (SSSR count). The van der Waals surface area contributed by atoms with E-state index < -0.39 is 0 Å². The quantitative estimate of drug-likeness (QED) is 0.807. The van der Waals surface area contributed by atoms with Gasteiger partial charge in [-0.05, 0) is 25.0 Å².